The molecule has 5 rings (SSSR count). The molecule has 6 nitrogen and oxygen atoms in total. The normalized spacial score (nSPS) is 28.7. The number of imide groups is 1. The first-order chi connectivity index (χ1) is 15.5. The predicted octanol–water partition coefficient (Wildman–Crippen LogP) is 3.23. The summed E-state index contributed by atoms with van der Waals surface area (Å²) in [6.07, 6.45) is 8.01. The van der Waals surface area contributed by atoms with Crippen LogP contribution in [0.2, 0.25) is 0 Å². The molecule has 3 aliphatic carbocycles. The first-order valence-electron chi connectivity index (χ1n) is 11.8. The fourth-order valence-electron chi connectivity index (χ4n) is 5.69. The minimum Gasteiger partial charge on any atom is -0.357 e. The molecular weight excluding hydrogens is 534 g/mol. The third-order valence-electron chi connectivity index (χ3n) is 7.61. The number of carbonyl (C=O) groups is 2. The number of fused-ring (bicyclic) bond motifs is 5. The zero-order valence-corrected chi connectivity index (χ0v) is 21.3. The highest BCUT2D eigenvalue weighted by molar-refractivity contribution is 14.0. The van der Waals surface area contributed by atoms with E-state index in [1.165, 1.54) is 17.0 Å². The molecule has 8 heteroatoms. The molecule has 0 radical (unpaired) electrons. The smallest absolute Gasteiger partial charge is 0.233 e. The molecule has 2 bridgehead atoms. The van der Waals surface area contributed by atoms with Crippen LogP contribution in [0.5, 0.6) is 0 Å². The molecule has 2 amide bonds. The van der Waals surface area contributed by atoms with E-state index < -0.39 is 0 Å². The number of allylic oxidation sites excluding steroid dienone is 2. The van der Waals surface area contributed by atoms with E-state index >= 15 is 0 Å². The zero-order chi connectivity index (χ0) is 22.3. The van der Waals surface area contributed by atoms with Gasteiger partial charge in [0.25, 0.3) is 0 Å². The maximum Gasteiger partial charge on any atom is 0.233 e. The molecule has 4 unspecified atom stereocenters. The number of hydrogen-bond donors (Lipinski definition) is 2. The fourth-order valence-corrected chi connectivity index (χ4v) is 5.69. The van der Waals surface area contributed by atoms with Crippen molar-refractivity contribution in [3.05, 3.63) is 47.8 Å². The van der Waals surface area contributed by atoms with Crippen LogP contribution in [0.15, 0.2) is 41.4 Å². The number of amides is 2. The monoisotopic (exact) mass is 566 g/mol. The van der Waals surface area contributed by atoms with Gasteiger partial charge in [-0.25, -0.2) is 4.39 Å². The Morgan fingerprint density at radius 2 is 1.73 bits per heavy atom. The van der Waals surface area contributed by atoms with Crippen molar-refractivity contribution in [1.82, 2.24) is 15.5 Å². The molecule has 1 aromatic carbocycles. The van der Waals surface area contributed by atoms with Gasteiger partial charge < -0.3 is 10.6 Å². The van der Waals surface area contributed by atoms with E-state index in [-0.39, 0.29) is 70.7 Å². The lowest BCUT2D eigenvalue weighted by molar-refractivity contribution is -0.140. The van der Waals surface area contributed by atoms with E-state index in [0.29, 0.717) is 26.1 Å². The van der Waals surface area contributed by atoms with Crippen LogP contribution in [0.1, 0.15) is 38.2 Å². The Kier molecular flexibility index (Phi) is 7.12. The van der Waals surface area contributed by atoms with Gasteiger partial charge in [-0.3, -0.25) is 19.5 Å². The van der Waals surface area contributed by atoms with Crippen molar-refractivity contribution < 1.29 is 14.0 Å². The van der Waals surface area contributed by atoms with Gasteiger partial charge in [-0.2, -0.15) is 0 Å². The van der Waals surface area contributed by atoms with E-state index in [0.717, 1.165) is 37.3 Å². The second-order valence-corrected chi connectivity index (χ2v) is 9.59. The molecule has 1 aromatic rings. The lowest BCUT2D eigenvalue weighted by Crippen LogP contribution is -2.40. The van der Waals surface area contributed by atoms with E-state index in [2.05, 4.69) is 22.8 Å². The summed E-state index contributed by atoms with van der Waals surface area (Å²) in [7, 11) is 0. The molecule has 0 spiro atoms. The van der Waals surface area contributed by atoms with Gasteiger partial charge >= 0.3 is 0 Å². The van der Waals surface area contributed by atoms with Crippen LogP contribution in [0.25, 0.3) is 0 Å². The van der Waals surface area contributed by atoms with Crippen molar-refractivity contribution >= 4 is 41.8 Å². The van der Waals surface area contributed by atoms with Gasteiger partial charge in [0.1, 0.15) is 5.82 Å². The van der Waals surface area contributed by atoms with Crippen LogP contribution < -0.4 is 10.6 Å². The summed E-state index contributed by atoms with van der Waals surface area (Å²) < 4.78 is 13.3. The molecule has 3 fully saturated rings. The van der Waals surface area contributed by atoms with Crippen LogP contribution in [0.3, 0.4) is 0 Å². The zero-order valence-electron chi connectivity index (χ0n) is 18.9. The number of nitrogens with zero attached hydrogens (tertiary/aromatic N) is 2. The van der Waals surface area contributed by atoms with Crippen molar-refractivity contribution in [2.75, 3.05) is 26.2 Å². The van der Waals surface area contributed by atoms with E-state index in [9.17, 15) is 14.0 Å². The van der Waals surface area contributed by atoms with Gasteiger partial charge in [0.05, 0.1) is 18.4 Å². The summed E-state index contributed by atoms with van der Waals surface area (Å²) in [5.41, 5.74) is 1.15. The molecule has 1 saturated heterocycles. The molecule has 4 atom stereocenters. The van der Waals surface area contributed by atoms with E-state index in [1.807, 2.05) is 19.1 Å². The van der Waals surface area contributed by atoms with Crippen LogP contribution >= 0.6 is 24.0 Å². The number of likely N-dealkylation sites (tertiary alicyclic amines) is 1. The first kappa shape index (κ1) is 24.2. The van der Waals surface area contributed by atoms with Crippen molar-refractivity contribution in [3.8, 4) is 0 Å². The van der Waals surface area contributed by atoms with Crippen LogP contribution in [0, 0.1) is 29.5 Å². The quantitative estimate of drug-likeness (QED) is 0.127. The minimum absolute atomic E-state index is 0. The lowest BCUT2D eigenvalue weighted by atomic mass is 9.85. The highest BCUT2D eigenvalue weighted by Crippen LogP contribution is 2.52. The van der Waals surface area contributed by atoms with Crippen LogP contribution in [-0.2, 0) is 15.0 Å². The summed E-state index contributed by atoms with van der Waals surface area (Å²) in [6.45, 7) is 4.50. The average Bonchev–Trinajstić information content (AvgIpc) is 3.17. The van der Waals surface area contributed by atoms with Crippen molar-refractivity contribution in [3.63, 3.8) is 0 Å². The van der Waals surface area contributed by atoms with Crippen LogP contribution in [-0.4, -0.2) is 48.9 Å². The first-order valence-corrected chi connectivity index (χ1v) is 11.8. The highest BCUT2D eigenvalue weighted by atomic mass is 127. The Morgan fingerprint density at radius 1 is 1.09 bits per heavy atom. The molecule has 178 valence electrons. The number of aliphatic imine (C=N–C) groups is 1. The number of benzene rings is 1. The summed E-state index contributed by atoms with van der Waals surface area (Å²) in [5, 5.41) is 6.60. The molecule has 2 saturated carbocycles. The molecule has 0 aromatic heterocycles. The minimum atomic E-state index is -0.217. The predicted molar refractivity (Wildman–Crippen MR) is 136 cm³/mol. The second kappa shape index (κ2) is 9.72. The van der Waals surface area contributed by atoms with Gasteiger partial charge in [-0.15, -0.1) is 24.0 Å². The third kappa shape index (κ3) is 4.55. The molecule has 4 aliphatic rings. The molecule has 1 aliphatic heterocycles. The topological polar surface area (TPSA) is 73.8 Å². The Morgan fingerprint density at radius 3 is 2.30 bits per heavy atom. The maximum absolute atomic E-state index is 13.3. The van der Waals surface area contributed by atoms with Gasteiger partial charge in [-0.1, -0.05) is 24.3 Å². The number of guanidine groups is 1. The van der Waals surface area contributed by atoms with Crippen molar-refractivity contribution in [2.24, 2.45) is 28.7 Å². The van der Waals surface area contributed by atoms with Gasteiger partial charge in [0.15, 0.2) is 5.96 Å². The Balaban J connectivity index is 0.00000259. The van der Waals surface area contributed by atoms with Crippen molar-refractivity contribution in [1.29, 1.82) is 0 Å². The summed E-state index contributed by atoms with van der Waals surface area (Å²) in [5.74, 6) is 0.835. The summed E-state index contributed by atoms with van der Waals surface area (Å²) in [4.78, 5) is 31.8. The number of carbonyl (C=O) groups excluding carboxylic acids is 2. The Bertz CT molecular complexity index is 930. The van der Waals surface area contributed by atoms with Gasteiger partial charge in [0.2, 0.25) is 11.8 Å². The number of nitrogens with one attached hydrogen (secondary N) is 2. The second-order valence-electron chi connectivity index (χ2n) is 9.59. The van der Waals surface area contributed by atoms with Gasteiger partial charge in [-0.05, 0) is 62.1 Å². The average molecular weight is 566 g/mol. The number of hydrogen-bond acceptors (Lipinski definition) is 3. The lowest BCUT2D eigenvalue weighted by Gasteiger charge is -2.18. The van der Waals surface area contributed by atoms with E-state index in [4.69, 9.17) is 4.99 Å². The molecular formula is C25H32FIN4O2. The summed E-state index contributed by atoms with van der Waals surface area (Å²) >= 11 is 0. The van der Waals surface area contributed by atoms with Crippen molar-refractivity contribution in [2.45, 2.75) is 38.0 Å². The number of halogens is 2. The largest absolute Gasteiger partial charge is 0.357 e. The molecule has 1 heterocycles. The van der Waals surface area contributed by atoms with Crippen LogP contribution in [0.4, 0.5) is 4.39 Å². The van der Waals surface area contributed by atoms with Gasteiger partial charge in [0, 0.05) is 25.0 Å². The highest BCUT2D eigenvalue weighted by Gasteiger charge is 2.58. The van der Waals surface area contributed by atoms with E-state index in [1.54, 1.807) is 0 Å². The Labute approximate surface area is 211 Å². The molecule has 33 heavy (non-hydrogen) atoms. The third-order valence-corrected chi connectivity index (χ3v) is 7.61. The summed E-state index contributed by atoms with van der Waals surface area (Å²) in [6, 6.07) is 6.75. The maximum atomic E-state index is 13.3. The number of rotatable bonds is 8. The fraction of sp³-hybridized carbons (Fsp3) is 0.560. The Hall–Kier alpha value is -1.97. The molecule has 2 N–H and O–H groups in total. The standard InChI is InChI=1S/C25H31FN4O2.HI/c1-2-27-24(29-15-25(10-11-25)18-6-8-19(26)9-7-18)28-12-3-13-30-22(31)20-16-4-5-17(14-16)21(20)23(30)32;/h4-9,16-17,20-21H,2-3,10-15H2,1H3,(H2,27,28,29);1H. The SMILES string of the molecule is CCNC(=NCC1(c2ccc(F)cc2)CC1)NCCCN1C(=O)C2C3C=CC(C3)C2C1=O.I.